The van der Waals surface area contributed by atoms with Crippen molar-refractivity contribution in [2.45, 2.75) is 48.9 Å². The molecule has 38 heavy (non-hydrogen) atoms. The van der Waals surface area contributed by atoms with E-state index in [4.69, 9.17) is 4.74 Å². The summed E-state index contributed by atoms with van der Waals surface area (Å²) in [6, 6.07) is 22.0. The second-order valence-electron chi connectivity index (χ2n) is 10.2. The Labute approximate surface area is 219 Å². The molecule has 0 aromatic heterocycles. The highest BCUT2D eigenvalue weighted by Gasteiger charge is 2.57. The average Bonchev–Trinajstić information content (AvgIpc) is 3.52. The van der Waals surface area contributed by atoms with Crippen molar-refractivity contribution in [3.63, 3.8) is 0 Å². The Morgan fingerprint density at radius 2 is 1.53 bits per heavy atom. The highest BCUT2D eigenvalue weighted by Crippen LogP contribution is 2.46. The number of fused-ring (bicyclic) bond motifs is 4. The van der Waals surface area contributed by atoms with Gasteiger partial charge in [0, 0.05) is 12.3 Å². The Morgan fingerprint density at radius 3 is 2.16 bits per heavy atom. The third-order valence-corrected chi connectivity index (χ3v) is 8.20. The normalized spacial score (nSPS) is 25.9. The molecule has 0 unspecified atom stereocenters. The lowest BCUT2D eigenvalue weighted by Crippen LogP contribution is -2.65. The van der Waals surface area contributed by atoms with Gasteiger partial charge in [-0.05, 0) is 40.7 Å². The maximum Gasteiger partial charge on any atom is 0.407 e. The SMILES string of the molecule is O=C(N[C@H]1C[C@@](O)(c2ccccc2)[C@H]2CC[C@@H](C(=O)O)N2C1=O)OCC1c2ccccc2-c2ccccc21. The number of carbonyl (C=O) groups excluding carboxylic acids is 2. The van der Waals surface area contributed by atoms with Gasteiger partial charge in [0.2, 0.25) is 5.91 Å². The molecule has 6 rings (SSSR count). The van der Waals surface area contributed by atoms with Crippen LogP contribution in [0.3, 0.4) is 0 Å². The van der Waals surface area contributed by atoms with Gasteiger partial charge in [0.05, 0.1) is 6.04 Å². The second-order valence-corrected chi connectivity index (χ2v) is 10.2. The number of carboxylic acids is 1. The molecule has 2 fully saturated rings. The Morgan fingerprint density at radius 1 is 0.921 bits per heavy atom. The van der Waals surface area contributed by atoms with Crippen molar-refractivity contribution in [2.24, 2.45) is 0 Å². The van der Waals surface area contributed by atoms with Gasteiger partial charge in [0.25, 0.3) is 0 Å². The molecule has 0 spiro atoms. The van der Waals surface area contributed by atoms with E-state index in [1.54, 1.807) is 24.3 Å². The molecule has 0 bridgehead atoms. The minimum Gasteiger partial charge on any atom is -0.480 e. The zero-order valence-electron chi connectivity index (χ0n) is 20.6. The number of aliphatic hydroxyl groups is 1. The Kier molecular flexibility index (Phi) is 5.91. The predicted molar refractivity (Wildman–Crippen MR) is 138 cm³/mol. The van der Waals surface area contributed by atoms with Crippen LogP contribution in [-0.2, 0) is 19.9 Å². The number of alkyl carbamates (subject to hydrolysis) is 1. The fourth-order valence-corrected chi connectivity index (χ4v) is 6.48. The summed E-state index contributed by atoms with van der Waals surface area (Å²) in [5.74, 6) is -1.79. The van der Waals surface area contributed by atoms with E-state index in [9.17, 15) is 24.6 Å². The van der Waals surface area contributed by atoms with E-state index in [0.717, 1.165) is 22.3 Å². The van der Waals surface area contributed by atoms with Crippen LogP contribution in [-0.4, -0.2) is 57.8 Å². The largest absolute Gasteiger partial charge is 0.480 e. The lowest BCUT2D eigenvalue weighted by atomic mass is 9.77. The minimum absolute atomic E-state index is 0.0758. The van der Waals surface area contributed by atoms with Crippen LogP contribution in [0.15, 0.2) is 78.9 Å². The summed E-state index contributed by atoms with van der Waals surface area (Å²) in [5.41, 5.74) is 3.41. The van der Waals surface area contributed by atoms with Crippen LogP contribution in [0.4, 0.5) is 4.79 Å². The fraction of sp³-hybridized carbons (Fsp3) is 0.300. The fourth-order valence-electron chi connectivity index (χ4n) is 6.48. The number of carbonyl (C=O) groups is 3. The lowest BCUT2D eigenvalue weighted by molar-refractivity contribution is -0.164. The van der Waals surface area contributed by atoms with E-state index in [0.29, 0.717) is 12.0 Å². The molecule has 3 aromatic rings. The molecule has 194 valence electrons. The smallest absolute Gasteiger partial charge is 0.407 e. The van der Waals surface area contributed by atoms with Gasteiger partial charge in [-0.15, -0.1) is 0 Å². The molecular weight excluding hydrogens is 484 g/mol. The Hall–Kier alpha value is -4.17. The molecule has 8 nitrogen and oxygen atoms in total. The summed E-state index contributed by atoms with van der Waals surface area (Å²) in [7, 11) is 0. The average molecular weight is 513 g/mol. The van der Waals surface area contributed by atoms with E-state index < -0.39 is 41.7 Å². The number of benzene rings is 3. The van der Waals surface area contributed by atoms with Gasteiger partial charge in [0.1, 0.15) is 24.3 Å². The molecule has 0 saturated carbocycles. The standard InChI is InChI=1S/C30H28N2O6/c33-27-24(16-30(37,18-8-2-1-3-9-18)26-15-14-25(28(34)35)32(26)27)31-29(36)38-17-23-21-12-6-4-10-19(21)20-11-5-7-13-22(20)23/h1-13,23-26,37H,14-17H2,(H,31,36)(H,34,35)/t24-,25-,26+,30+/m0/s1. The molecule has 4 atom stereocenters. The van der Waals surface area contributed by atoms with Crippen molar-refractivity contribution in [2.75, 3.05) is 6.61 Å². The maximum atomic E-state index is 13.4. The zero-order valence-corrected chi connectivity index (χ0v) is 20.6. The van der Waals surface area contributed by atoms with Crippen molar-refractivity contribution in [1.29, 1.82) is 0 Å². The van der Waals surface area contributed by atoms with Gasteiger partial charge < -0.3 is 25.2 Å². The van der Waals surface area contributed by atoms with E-state index in [-0.39, 0.29) is 25.4 Å². The van der Waals surface area contributed by atoms with E-state index in [2.05, 4.69) is 5.32 Å². The minimum atomic E-state index is -1.51. The third-order valence-electron chi connectivity index (χ3n) is 8.20. The Balaban J connectivity index is 1.22. The summed E-state index contributed by atoms with van der Waals surface area (Å²) in [4.78, 5) is 39.6. The lowest BCUT2D eigenvalue weighted by Gasteiger charge is -2.47. The van der Waals surface area contributed by atoms with Gasteiger partial charge in [0.15, 0.2) is 0 Å². The van der Waals surface area contributed by atoms with Crippen molar-refractivity contribution in [3.8, 4) is 11.1 Å². The van der Waals surface area contributed by atoms with Crippen LogP contribution < -0.4 is 5.32 Å². The number of ether oxygens (including phenoxy) is 1. The van der Waals surface area contributed by atoms with Crippen molar-refractivity contribution >= 4 is 18.0 Å². The second kappa shape index (κ2) is 9.29. The van der Waals surface area contributed by atoms with Gasteiger partial charge in [-0.1, -0.05) is 78.9 Å². The number of aliphatic carboxylic acids is 1. The topological polar surface area (TPSA) is 116 Å². The van der Waals surface area contributed by atoms with Crippen molar-refractivity contribution < 1.29 is 29.3 Å². The number of hydrogen-bond acceptors (Lipinski definition) is 5. The number of nitrogens with one attached hydrogen (secondary N) is 1. The molecule has 2 saturated heterocycles. The van der Waals surface area contributed by atoms with Crippen LogP contribution in [0, 0.1) is 0 Å². The molecule has 1 aliphatic carbocycles. The maximum absolute atomic E-state index is 13.4. The highest BCUT2D eigenvalue weighted by atomic mass is 16.5. The quantitative estimate of drug-likeness (QED) is 0.481. The van der Waals surface area contributed by atoms with Crippen LogP contribution >= 0.6 is 0 Å². The Bertz CT molecular complexity index is 1360. The number of rotatable bonds is 5. The van der Waals surface area contributed by atoms with Gasteiger partial charge in [-0.25, -0.2) is 9.59 Å². The summed E-state index contributed by atoms with van der Waals surface area (Å²) in [6.45, 7) is 0.0772. The van der Waals surface area contributed by atoms with Crippen LogP contribution in [0.1, 0.15) is 41.9 Å². The number of carboxylic acid groups (broad SMARTS) is 1. The van der Waals surface area contributed by atoms with Gasteiger partial charge in [-0.3, -0.25) is 4.79 Å². The van der Waals surface area contributed by atoms with E-state index in [1.165, 1.54) is 4.90 Å². The van der Waals surface area contributed by atoms with Crippen molar-refractivity contribution in [1.82, 2.24) is 10.2 Å². The first-order valence-corrected chi connectivity index (χ1v) is 12.8. The van der Waals surface area contributed by atoms with Crippen LogP contribution in [0.2, 0.25) is 0 Å². The van der Waals surface area contributed by atoms with Crippen LogP contribution in [0.5, 0.6) is 0 Å². The third kappa shape index (κ3) is 3.83. The summed E-state index contributed by atoms with van der Waals surface area (Å²) >= 11 is 0. The summed E-state index contributed by atoms with van der Waals surface area (Å²) in [5, 5.41) is 24.2. The molecule has 2 aliphatic heterocycles. The van der Waals surface area contributed by atoms with E-state index in [1.807, 2.05) is 54.6 Å². The molecule has 2 heterocycles. The first kappa shape index (κ1) is 24.2. The summed E-state index contributed by atoms with van der Waals surface area (Å²) < 4.78 is 5.63. The number of amides is 2. The molecule has 2 amide bonds. The molecular formula is C30H28N2O6. The van der Waals surface area contributed by atoms with Gasteiger partial charge in [-0.2, -0.15) is 0 Å². The molecule has 3 N–H and O–H groups in total. The number of hydrogen-bond donors (Lipinski definition) is 3. The van der Waals surface area contributed by atoms with Crippen molar-refractivity contribution in [3.05, 3.63) is 95.6 Å². The molecule has 3 aromatic carbocycles. The zero-order chi connectivity index (χ0) is 26.4. The van der Waals surface area contributed by atoms with Crippen LogP contribution in [0.25, 0.3) is 11.1 Å². The monoisotopic (exact) mass is 512 g/mol. The van der Waals surface area contributed by atoms with Gasteiger partial charge >= 0.3 is 12.1 Å². The number of nitrogens with zero attached hydrogens (tertiary/aromatic N) is 1. The predicted octanol–water partition coefficient (Wildman–Crippen LogP) is 3.63. The molecule has 0 radical (unpaired) electrons. The highest BCUT2D eigenvalue weighted by molar-refractivity contribution is 5.91. The first-order valence-electron chi connectivity index (χ1n) is 12.8. The molecule has 3 aliphatic rings. The molecule has 8 heteroatoms. The first-order chi connectivity index (χ1) is 18.4. The number of piperidine rings is 1. The van der Waals surface area contributed by atoms with E-state index >= 15 is 0 Å². The summed E-state index contributed by atoms with van der Waals surface area (Å²) in [6.07, 6.45) is -0.275.